The van der Waals surface area contributed by atoms with E-state index in [2.05, 4.69) is 12.2 Å². The molecule has 2 aliphatic carbocycles. The molecule has 0 amide bonds. The summed E-state index contributed by atoms with van der Waals surface area (Å²) in [7, 11) is 0. The molecular weight excluding hydrogens is 270 g/mol. The van der Waals surface area contributed by atoms with Gasteiger partial charge >= 0.3 is 0 Å². The molecule has 1 saturated heterocycles. The van der Waals surface area contributed by atoms with E-state index in [1.165, 1.54) is 18.6 Å². The van der Waals surface area contributed by atoms with Gasteiger partial charge in [0.2, 0.25) is 0 Å². The Morgan fingerprint density at radius 2 is 2.05 bits per heavy atom. The van der Waals surface area contributed by atoms with Crippen LogP contribution in [0.2, 0.25) is 0 Å². The van der Waals surface area contributed by atoms with Crippen LogP contribution in [0.1, 0.15) is 24.7 Å². The van der Waals surface area contributed by atoms with Crippen molar-refractivity contribution in [2.45, 2.75) is 19.1 Å². The first-order chi connectivity index (χ1) is 10.2. The van der Waals surface area contributed by atoms with Crippen LogP contribution in [0, 0.1) is 27.4 Å². The van der Waals surface area contributed by atoms with E-state index in [9.17, 15) is 10.1 Å². The van der Waals surface area contributed by atoms with Crippen LogP contribution in [0.15, 0.2) is 36.4 Å². The lowest BCUT2D eigenvalue weighted by atomic mass is 9.76. The number of hydrogen-bond acceptors (Lipinski definition) is 4. The Morgan fingerprint density at radius 3 is 2.67 bits per heavy atom. The van der Waals surface area contributed by atoms with Crippen LogP contribution in [0.3, 0.4) is 0 Å². The predicted molar refractivity (Wildman–Crippen MR) is 75.5 cm³/mol. The fourth-order valence-corrected chi connectivity index (χ4v) is 3.94. The van der Waals surface area contributed by atoms with Gasteiger partial charge in [0.1, 0.15) is 0 Å². The maximum Gasteiger partial charge on any atom is 0.269 e. The first kappa shape index (κ1) is 13.0. The lowest BCUT2D eigenvalue weighted by Gasteiger charge is -2.41. The lowest BCUT2D eigenvalue weighted by molar-refractivity contribution is -0.385. The third kappa shape index (κ3) is 2.08. The number of benzene rings is 1. The number of ether oxygens (including phenoxy) is 2. The van der Waals surface area contributed by atoms with E-state index < -0.39 is 11.2 Å². The lowest BCUT2D eigenvalue weighted by Crippen LogP contribution is -2.41. The fourth-order valence-electron chi connectivity index (χ4n) is 3.94. The second kappa shape index (κ2) is 4.64. The van der Waals surface area contributed by atoms with Gasteiger partial charge in [-0.2, -0.15) is 0 Å². The van der Waals surface area contributed by atoms with E-state index >= 15 is 0 Å². The van der Waals surface area contributed by atoms with Crippen LogP contribution in [-0.4, -0.2) is 18.1 Å². The molecule has 4 rings (SSSR count). The van der Waals surface area contributed by atoms with Crippen molar-refractivity contribution in [3.63, 3.8) is 0 Å². The number of allylic oxidation sites excluding steroid dienone is 2. The van der Waals surface area contributed by atoms with Gasteiger partial charge in [0.25, 0.3) is 5.69 Å². The molecule has 5 nitrogen and oxygen atoms in total. The van der Waals surface area contributed by atoms with Gasteiger partial charge < -0.3 is 9.47 Å². The van der Waals surface area contributed by atoms with Gasteiger partial charge in [0.15, 0.2) is 6.29 Å². The van der Waals surface area contributed by atoms with Crippen molar-refractivity contribution < 1.29 is 14.4 Å². The van der Waals surface area contributed by atoms with Gasteiger partial charge in [0, 0.05) is 23.1 Å². The fraction of sp³-hybridized carbons (Fsp3) is 0.500. The average molecular weight is 287 g/mol. The monoisotopic (exact) mass is 287 g/mol. The summed E-state index contributed by atoms with van der Waals surface area (Å²) in [5.74, 6) is 1.24. The Bertz CT molecular complexity index is 604. The number of rotatable bonds is 2. The number of nitro benzene ring substituents is 1. The molecule has 2 bridgehead atoms. The molecule has 1 aliphatic heterocycles. The third-order valence-electron chi connectivity index (χ3n) is 5.03. The van der Waals surface area contributed by atoms with Gasteiger partial charge in [-0.1, -0.05) is 24.3 Å². The molecule has 110 valence electrons. The minimum atomic E-state index is -0.487. The molecule has 0 radical (unpaired) electrons. The SMILES string of the molecule is O=[N+]([O-])c1cccc(C2OCC3(CO2)CC2C=CC3C2)c1. The van der Waals surface area contributed by atoms with E-state index in [4.69, 9.17) is 9.47 Å². The Hall–Kier alpha value is -1.72. The van der Waals surface area contributed by atoms with E-state index in [0.717, 1.165) is 12.0 Å². The topological polar surface area (TPSA) is 61.6 Å². The predicted octanol–water partition coefficient (Wildman–Crippen LogP) is 3.22. The first-order valence-electron chi connectivity index (χ1n) is 7.32. The molecule has 1 aromatic rings. The molecule has 1 aromatic carbocycles. The highest BCUT2D eigenvalue weighted by Gasteiger charge is 2.51. The number of nitrogens with zero attached hydrogens (tertiary/aromatic N) is 1. The number of hydrogen-bond donors (Lipinski definition) is 0. The Balaban J connectivity index is 1.49. The molecular formula is C16H17NO4. The van der Waals surface area contributed by atoms with Crippen molar-refractivity contribution in [2.75, 3.05) is 13.2 Å². The van der Waals surface area contributed by atoms with E-state index in [-0.39, 0.29) is 11.1 Å². The first-order valence-corrected chi connectivity index (χ1v) is 7.32. The minimum absolute atomic E-state index is 0.0721. The number of nitro groups is 1. The molecule has 5 heteroatoms. The average Bonchev–Trinajstić information content (AvgIpc) is 3.09. The summed E-state index contributed by atoms with van der Waals surface area (Å²) in [5, 5.41) is 10.8. The van der Waals surface area contributed by atoms with E-state index in [1.54, 1.807) is 6.07 Å². The maximum atomic E-state index is 10.8. The summed E-state index contributed by atoms with van der Waals surface area (Å²) in [6.07, 6.45) is 6.47. The molecule has 2 atom stereocenters. The number of non-ortho nitro benzene ring substituents is 1. The molecule has 2 unspecified atom stereocenters. The summed E-state index contributed by atoms with van der Waals surface area (Å²) < 4.78 is 11.8. The highest BCUT2D eigenvalue weighted by Crippen LogP contribution is 2.54. The molecule has 1 heterocycles. The minimum Gasteiger partial charge on any atom is -0.348 e. The van der Waals surface area contributed by atoms with Gasteiger partial charge in [-0.25, -0.2) is 0 Å². The molecule has 3 aliphatic rings. The highest BCUT2D eigenvalue weighted by molar-refractivity contribution is 5.35. The van der Waals surface area contributed by atoms with E-state index in [1.807, 2.05) is 6.07 Å². The van der Waals surface area contributed by atoms with Crippen LogP contribution in [0.5, 0.6) is 0 Å². The summed E-state index contributed by atoms with van der Waals surface area (Å²) in [5.41, 5.74) is 0.914. The zero-order valence-electron chi connectivity index (χ0n) is 11.6. The summed E-state index contributed by atoms with van der Waals surface area (Å²) in [6, 6.07) is 6.50. The van der Waals surface area contributed by atoms with Gasteiger partial charge in [-0.15, -0.1) is 0 Å². The smallest absolute Gasteiger partial charge is 0.269 e. The molecule has 2 fully saturated rings. The zero-order chi connectivity index (χ0) is 14.4. The van der Waals surface area contributed by atoms with Crippen LogP contribution in [-0.2, 0) is 9.47 Å². The van der Waals surface area contributed by atoms with Crippen molar-refractivity contribution in [2.24, 2.45) is 17.3 Å². The van der Waals surface area contributed by atoms with Gasteiger partial charge in [0.05, 0.1) is 18.1 Å². The molecule has 21 heavy (non-hydrogen) atoms. The number of fused-ring (bicyclic) bond motifs is 3. The zero-order valence-corrected chi connectivity index (χ0v) is 11.6. The standard InChI is InChI=1S/C16H17NO4/c18-17(19)14-3-1-2-12(7-14)15-20-9-16(10-21-15)8-11-4-5-13(16)6-11/h1-5,7,11,13,15H,6,8-10H2. The van der Waals surface area contributed by atoms with E-state index in [0.29, 0.717) is 25.0 Å². The Kier molecular flexibility index (Phi) is 2.87. The van der Waals surface area contributed by atoms with Crippen molar-refractivity contribution in [1.29, 1.82) is 0 Å². The van der Waals surface area contributed by atoms with Gasteiger partial charge in [-0.3, -0.25) is 10.1 Å². The van der Waals surface area contributed by atoms with Crippen LogP contribution >= 0.6 is 0 Å². The third-order valence-corrected chi connectivity index (χ3v) is 5.03. The second-order valence-electron chi connectivity index (χ2n) is 6.36. The van der Waals surface area contributed by atoms with Crippen molar-refractivity contribution >= 4 is 5.69 Å². The summed E-state index contributed by atoms with van der Waals surface area (Å²) in [6.45, 7) is 1.34. The van der Waals surface area contributed by atoms with Crippen molar-refractivity contribution in [3.05, 3.63) is 52.1 Å². The van der Waals surface area contributed by atoms with Crippen molar-refractivity contribution in [3.8, 4) is 0 Å². The Morgan fingerprint density at radius 1 is 1.24 bits per heavy atom. The highest BCUT2D eigenvalue weighted by atomic mass is 16.7. The largest absolute Gasteiger partial charge is 0.348 e. The van der Waals surface area contributed by atoms with Gasteiger partial charge in [-0.05, 0) is 24.7 Å². The molecule has 1 saturated carbocycles. The molecule has 1 spiro atoms. The summed E-state index contributed by atoms with van der Waals surface area (Å²) >= 11 is 0. The van der Waals surface area contributed by atoms with Crippen LogP contribution in [0.25, 0.3) is 0 Å². The molecule has 0 aromatic heterocycles. The van der Waals surface area contributed by atoms with Crippen LogP contribution < -0.4 is 0 Å². The quantitative estimate of drug-likeness (QED) is 0.476. The summed E-state index contributed by atoms with van der Waals surface area (Å²) in [4.78, 5) is 10.4. The molecule has 0 N–H and O–H groups in total. The maximum absolute atomic E-state index is 10.8. The second-order valence-corrected chi connectivity index (χ2v) is 6.36. The van der Waals surface area contributed by atoms with Crippen molar-refractivity contribution in [1.82, 2.24) is 0 Å². The normalized spacial score (nSPS) is 37.2. The van der Waals surface area contributed by atoms with Crippen LogP contribution in [0.4, 0.5) is 5.69 Å². The Labute approximate surface area is 122 Å².